The summed E-state index contributed by atoms with van der Waals surface area (Å²) in [6.45, 7) is 0.448. The first kappa shape index (κ1) is 21.4. The van der Waals surface area contributed by atoms with Crippen molar-refractivity contribution in [2.75, 3.05) is 13.7 Å². The lowest BCUT2D eigenvalue weighted by atomic mass is 10.0. The minimum atomic E-state index is -0.611. The quantitative estimate of drug-likeness (QED) is 0.496. The lowest BCUT2D eigenvalue weighted by Crippen LogP contribution is -2.37. The molecule has 0 fully saturated rings. The van der Waals surface area contributed by atoms with Gasteiger partial charge < -0.3 is 19.3 Å². The molecule has 5 rings (SSSR count). The Bertz CT molecular complexity index is 1440. The number of benzene rings is 2. The molecular formula is C24H19FN4O5. The lowest BCUT2D eigenvalue weighted by molar-refractivity contribution is 0.0719. The van der Waals surface area contributed by atoms with E-state index < -0.39 is 17.2 Å². The van der Waals surface area contributed by atoms with Gasteiger partial charge in [0.05, 0.1) is 13.7 Å². The van der Waals surface area contributed by atoms with Gasteiger partial charge in [-0.25, -0.2) is 4.39 Å². The van der Waals surface area contributed by atoms with E-state index in [9.17, 15) is 19.1 Å². The minimum Gasteiger partial charge on any atom is -0.505 e. The third kappa shape index (κ3) is 3.68. The van der Waals surface area contributed by atoms with Crippen LogP contribution < -0.4 is 10.3 Å². The van der Waals surface area contributed by atoms with Crippen LogP contribution in [-0.4, -0.2) is 44.5 Å². The van der Waals surface area contributed by atoms with Crippen molar-refractivity contribution in [1.82, 2.24) is 19.8 Å². The highest BCUT2D eigenvalue weighted by molar-refractivity contribution is 5.94. The molecule has 0 bridgehead atoms. The van der Waals surface area contributed by atoms with Gasteiger partial charge in [0.25, 0.3) is 11.5 Å². The number of carbonyl (C=O) groups excluding carboxylic acids is 1. The van der Waals surface area contributed by atoms with Crippen LogP contribution in [0.5, 0.6) is 11.5 Å². The Hall–Kier alpha value is -4.47. The van der Waals surface area contributed by atoms with E-state index in [0.29, 0.717) is 41.4 Å². The Balaban J connectivity index is 1.45. The number of carbonyl (C=O) groups is 1. The maximum Gasteiger partial charge on any atom is 0.278 e. The summed E-state index contributed by atoms with van der Waals surface area (Å²) >= 11 is 0. The number of ether oxygens (including phenoxy) is 1. The highest BCUT2D eigenvalue weighted by atomic mass is 19.1. The van der Waals surface area contributed by atoms with Gasteiger partial charge in [0, 0.05) is 23.7 Å². The SMILES string of the molecule is COc1ccccc1-n1nc(C(=O)N2CCc3c(noc3-c3ccc(F)cc3)C2)c(O)cc1=O. The van der Waals surface area contributed by atoms with Gasteiger partial charge in [0.15, 0.2) is 17.2 Å². The van der Waals surface area contributed by atoms with Gasteiger partial charge in [-0.15, -0.1) is 0 Å². The molecule has 0 spiro atoms. The topological polar surface area (TPSA) is 111 Å². The molecule has 1 N–H and O–H groups in total. The summed E-state index contributed by atoms with van der Waals surface area (Å²) in [7, 11) is 1.46. The second kappa shape index (κ2) is 8.47. The number of nitrogens with zero attached hydrogens (tertiary/aromatic N) is 4. The molecule has 10 heteroatoms. The molecule has 9 nitrogen and oxygen atoms in total. The Labute approximate surface area is 192 Å². The van der Waals surface area contributed by atoms with E-state index in [1.165, 1.54) is 24.1 Å². The first-order valence-corrected chi connectivity index (χ1v) is 10.5. The van der Waals surface area contributed by atoms with Crippen LogP contribution in [0.1, 0.15) is 21.7 Å². The number of hydrogen-bond acceptors (Lipinski definition) is 7. The third-order valence-corrected chi connectivity index (χ3v) is 5.66. The molecule has 1 aliphatic rings. The Morgan fingerprint density at radius 1 is 1.18 bits per heavy atom. The first-order valence-electron chi connectivity index (χ1n) is 10.5. The number of fused-ring (bicyclic) bond motifs is 1. The summed E-state index contributed by atoms with van der Waals surface area (Å²) in [6, 6.07) is 13.6. The molecule has 34 heavy (non-hydrogen) atoms. The number of halogens is 1. The van der Waals surface area contributed by atoms with Crippen molar-refractivity contribution in [1.29, 1.82) is 0 Å². The second-order valence-corrected chi connectivity index (χ2v) is 7.72. The highest BCUT2D eigenvalue weighted by Crippen LogP contribution is 2.31. The van der Waals surface area contributed by atoms with Crippen LogP contribution in [0.15, 0.2) is 63.9 Å². The minimum absolute atomic E-state index is 0.133. The van der Waals surface area contributed by atoms with Crippen LogP contribution in [0.3, 0.4) is 0 Å². The summed E-state index contributed by atoms with van der Waals surface area (Å²) in [5, 5.41) is 18.6. The van der Waals surface area contributed by atoms with Gasteiger partial charge in [0.1, 0.15) is 22.9 Å². The smallest absolute Gasteiger partial charge is 0.278 e. The van der Waals surface area contributed by atoms with Gasteiger partial charge in [-0.05, 0) is 42.8 Å². The molecule has 1 amide bonds. The molecule has 0 atom stereocenters. The zero-order chi connectivity index (χ0) is 23.8. The fourth-order valence-electron chi connectivity index (χ4n) is 3.96. The van der Waals surface area contributed by atoms with E-state index in [1.807, 2.05) is 0 Å². The number of aromatic hydroxyl groups is 1. The predicted molar refractivity (Wildman–Crippen MR) is 118 cm³/mol. The molecule has 0 unspecified atom stereocenters. The van der Waals surface area contributed by atoms with E-state index in [0.717, 1.165) is 16.3 Å². The van der Waals surface area contributed by atoms with E-state index >= 15 is 0 Å². The summed E-state index contributed by atoms with van der Waals surface area (Å²) in [4.78, 5) is 27.2. The average molecular weight is 462 g/mol. The van der Waals surface area contributed by atoms with Crippen LogP contribution in [0.2, 0.25) is 0 Å². The number of rotatable bonds is 4. The van der Waals surface area contributed by atoms with Gasteiger partial charge in [-0.3, -0.25) is 9.59 Å². The van der Waals surface area contributed by atoms with Crippen LogP contribution in [-0.2, 0) is 13.0 Å². The monoisotopic (exact) mass is 462 g/mol. The molecule has 2 aromatic carbocycles. The molecule has 0 saturated heterocycles. The highest BCUT2D eigenvalue weighted by Gasteiger charge is 2.30. The largest absolute Gasteiger partial charge is 0.505 e. The molecule has 3 heterocycles. The van der Waals surface area contributed by atoms with Gasteiger partial charge >= 0.3 is 0 Å². The first-order chi connectivity index (χ1) is 16.5. The molecule has 0 saturated carbocycles. The van der Waals surface area contributed by atoms with Crippen molar-refractivity contribution in [2.45, 2.75) is 13.0 Å². The average Bonchev–Trinajstić information content (AvgIpc) is 3.27. The van der Waals surface area contributed by atoms with E-state index in [4.69, 9.17) is 9.26 Å². The van der Waals surface area contributed by atoms with Crippen molar-refractivity contribution in [3.05, 3.63) is 87.7 Å². The summed E-state index contributed by atoms with van der Waals surface area (Å²) in [5.41, 5.74) is 1.56. The lowest BCUT2D eigenvalue weighted by Gasteiger charge is -2.26. The molecule has 2 aromatic heterocycles. The summed E-state index contributed by atoms with van der Waals surface area (Å²) < 4.78 is 25.1. The van der Waals surface area contributed by atoms with Crippen LogP contribution >= 0.6 is 0 Å². The van der Waals surface area contributed by atoms with E-state index in [1.54, 1.807) is 36.4 Å². The van der Waals surface area contributed by atoms with Crippen LogP contribution in [0.4, 0.5) is 4.39 Å². The molecule has 172 valence electrons. The number of aromatic nitrogens is 3. The van der Waals surface area contributed by atoms with Gasteiger partial charge in [-0.2, -0.15) is 9.78 Å². The van der Waals surface area contributed by atoms with Gasteiger partial charge in [-0.1, -0.05) is 17.3 Å². The maximum absolute atomic E-state index is 13.3. The molecule has 1 aliphatic heterocycles. The Morgan fingerprint density at radius 2 is 1.94 bits per heavy atom. The summed E-state index contributed by atoms with van der Waals surface area (Å²) in [6.07, 6.45) is 0.449. The van der Waals surface area contributed by atoms with Crippen molar-refractivity contribution < 1.29 is 23.6 Å². The second-order valence-electron chi connectivity index (χ2n) is 7.72. The Morgan fingerprint density at radius 3 is 2.71 bits per heavy atom. The van der Waals surface area contributed by atoms with E-state index in [-0.39, 0.29) is 18.1 Å². The molecule has 0 radical (unpaired) electrons. The van der Waals surface area contributed by atoms with Crippen LogP contribution in [0.25, 0.3) is 17.0 Å². The normalized spacial score (nSPS) is 12.9. The van der Waals surface area contributed by atoms with Crippen LogP contribution in [0, 0.1) is 5.82 Å². The number of hydrogen-bond donors (Lipinski definition) is 1. The van der Waals surface area contributed by atoms with Crippen molar-refractivity contribution in [2.24, 2.45) is 0 Å². The zero-order valence-corrected chi connectivity index (χ0v) is 18.1. The third-order valence-electron chi connectivity index (χ3n) is 5.66. The predicted octanol–water partition coefficient (Wildman–Crippen LogP) is 2.94. The molecular weight excluding hydrogens is 443 g/mol. The van der Waals surface area contributed by atoms with Crippen molar-refractivity contribution >= 4 is 5.91 Å². The molecule has 0 aliphatic carbocycles. The molecule has 4 aromatic rings. The summed E-state index contributed by atoms with van der Waals surface area (Å²) in [5.74, 6) is -0.500. The van der Waals surface area contributed by atoms with Crippen molar-refractivity contribution in [3.8, 4) is 28.5 Å². The number of methoxy groups -OCH3 is 1. The Kier molecular flexibility index (Phi) is 5.33. The maximum atomic E-state index is 13.3. The number of para-hydroxylation sites is 2. The number of amides is 1. The van der Waals surface area contributed by atoms with E-state index in [2.05, 4.69) is 10.3 Å². The standard InChI is InChI=1S/C24H19FN4O5/c1-33-20-5-3-2-4-18(20)29-21(31)12-19(30)22(26-29)24(32)28-11-10-16-17(13-28)27-34-23(16)14-6-8-15(25)9-7-14/h2-9,12,30H,10-11,13H2,1H3. The zero-order valence-electron chi connectivity index (χ0n) is 18.1. The van der Waals surface area contributed by atoms with Gasteiger partial charge in [0.2, 0.25) is 0 Å². The fourth-order valence-corrected chi connectivity index (χ4v) is 3.96. The fraction of sp³-hybridized carbons (Fsp3) is 0.167. The van der Waals surface area contributed by atoms with Crippen molar-refractivity contribution in [3.63, 3.8) is 0 Å².